The third-order valence-corrected chi connectivity index (χ3v) is 2.41. The molecule has 0 radical (unpaired) electrons. The first-order chi connectivity index (χ1) is 7.66. The zero-order valence-electron chi connectivity index (χ0n) is 8.97. The van der Waals surface area contributed by atoms with Crippen LogP contribution in [0.4, 0.5) is 4.39 Å². The van der Waals surface area contributed by atoms with Gasteiger partial charge in [-0.1, -0.05) is 29.8 Å². The highest BCUT2D eigenvalue weighted by Gasteiger charge is 2.12. The maximum atomic E-state index is 13.1. The van der Waals surface area contributed by atoms with E-state index in [1.165, 1.54) is 18.2 Å². The van der Waals surface area contributed by atoms with Crippen LogP contribution in [0, 0.1) is 5.82 Å². The molecule has 0 aliphatic heterocycles. The largest absolute Gasteiger partial charge is 0.352 e. The summed E-state index contributed by atoms with van der Waals surface area (Å²) >= 11 is 5.68. The number of carbonyl (C=O) groups is 1. The minimum absolute atomic E-state index is 0.133. The molecule has 4 heteroatoms. The molecule has 0 aliphatic rings. The summed E-state index contributed by atoms with van der Waals surface area (Å²) < 4.78 is 13.1. The van der Waals surface area contributed by atoms with Crippen LogP contribution in [0.15, 0.2) is 30.4 Å². The minimum atomic E-state index is -0.581. The first-order valence-electron chi connectivity index (χ1n) is 5.00. The third kappa shape index (κ3) is 3.35. The molecule has 0 unspecified atom stereocenters. The predicted octanol–water partition coefficient (Wildman–Crippen LogP) is 3.18. The summed E-state index contributed by atoms with van der Waals surface area (Å²) in [6.07, 6.45) is 4.59. The lowest BCUT2D eigenvalue weighted by atomic mass is 10.2. The van der Waals surface area contributed by atoms with Crippen molar-refractivity contribution in [2.75, 3.05) is 6.54 Å². The number of allylic oxidation sites excluding steroid dienone is 1. The number of carbonyl (C=O) groups excluding carboxylic acids is 1. The van der Waals surface area contributed by atoms with Crippen LogP contribution < -0.4 is 5.32 Å². The molecule has 1 aromatic rings. The molecule has 0 aliphatic carbocycles. The fraction of sp³-hybridized carbons (Fsp3) is 0.250. The molecule has 1 aromatic carbocycles. The second kappa shape index (κ2) is 6.28. The fourth-order valence-electron chi connectivity index (χ4n) is 1.21. The van der Waals surface area contributed by atoms with Crippen molar-refractivity contribution in [2.45, 2.75) is 13.3 Å². The standard InChI is InChI=1S/C12H13ClFNO/c1-2-3-4-8-15-12(16)9-6-5-7-10(14)11(9)13/h2-3,5-7H,4,8H2,1H3,(H,15,16)/b3-2+. The number of halogens is 2. The molecule has 0 bridgehead atoms. The molecule has 16 heavy (non-hydrogen) atoms. The van der Waals surface area contributed by atoms with E-state index in [2.05, 4.69) is 5.32 Å². The molecule has 86 valence electrons. The van der Waals surface area contributed by atoms with Gasteiger partial charge in [-0.15, -0.1) is 0 Å². The van der Waals surface area contributed by atoms with Crippen molar-refractivity contribution >= 4 is 17.5 Å². The Morgan fingerprint density at radius 3 is 3.00 bits per heavy atom. The molecule has 1 amide bonds. The van der Waals surface area contributed by atoms with Gasteiger partial charge < -0.3 is 5.32 Å². The maximum Gasteiger partial charge on any atom is 0.252 e. The molecule has 0 saturated heterocycles. The Morgan fingerprint density at radius 1 is 1.56 bits per heavy atom. The van der Waals surface area contributed by atoms with Crippen LogP contribution in [0.5, 0.6) is 0 Å². The van der Waals surface area contributed by atoms with Crippen LogP contribution in [0.2, 0.25) is 5.02 Å². The fourth-order valence-corrected chi connectivity index (χ4v) is 1.42. The van der Waals surface area contributed by atoms with Crippen LogP contribution in [-0.4, -0.2) is 12.5 Å². The average molecular weight is 242 g/mol. The van der Waals surface area contributed by atoms with E-state index in [-0.39, 0.29) is 16.5 Å². The van der Waals surface area contributed by atoms with Gasteiger partial charge in [0.25, 0.3) is 5.91 Å². The quantitative estimate of drug-likeness (QED) is 0.637. The van der Waals surface area contributed by atoms with Crippen molar-refractivity contribution in [1.82, 2.24) is 5.32 Å². The van der Waals surface area contributed by atoms with Crippen LogP contribution in [0.3, 0.4) is 0 Å². The lowest BCUT2D eigenvalue weighted by Crippen LogP contribution is -2.24. The molecular weight excluding hydrogens is 229 g/mol. The van der Waals surface area contributed by atoms with Gasteiger partial charge in [0, 0.05) is 6.54 Å². The Balaban J connectivity index is 2.63. The van der Waals surface area contributed by atoms with E-state index in [4.69, 9.17) is 11.6 Å². The Morgan fingerprint density at radius 2 is 2.31 bits per heavy atom. The van der Waals surface area contributed by atoms with Gasteiger partial charge in [-0.05, 0) is 25.5 Å². The van der Waals surface area contributed by atoms with Gasteiger partial charge in [0.1, 0.15) is 5.82 Å². The van der Waals surface area contributed by atoms with E-state index in [0.29, 0.717) is 6.54 Å². The van der Waals surface area contributed by atoms with Crippen LogP contribution in [0.25, 0.3) is 0 Å². The van der Waals surface area contributed by atoms with E-state index < -0.39 is 5.82 Å². The molecule has 0 fully saturated rings. The summed E-state index contributed by atoms with van der Waals surface area (Å²) in [5, 5.41) is 2.53. The van der Waals surface area contributed by atoms with Crippen molar-refractivity contribution in [3.63, 3.8) is 0 Å². The van der Waals surface area contributed by atoms with Gasteiger partial charge in [0.05, 0.1) is 10.6 Å². The van der Waals surface area contributed by atoms with Gasteiger partial charge >= 0.3 is 0 Å². The topological polar surface area (TPSA) is 29.1 Å². The number of benzene rings is 1. The number of nitrogens with one attached hydrogen (secondary N) is 1. The summed E-state index contributed by atoms with van der Waals surface area (Å²) in [4.78, 5) is 11.6. The highest BCUT2D eigenvalue weighted by Crippen LogP contribution is 2.19. The van der Waals surface area contributed by atoms with Crippen LogP contribution >= 0.6 is 11.6 Å². The van der Waals surface area contributed by atoms with Crippen LogP contribution in [-0.2, 0) is 0 Å². The zero-order chi connectivity index (χ0) is 12.0. The summed E-state index contributed by atoms with van der Waals surface area (Å²) in [5.41, 5.74) is 0.169. The van der Waals surface area contributed by atoms with E-state index >= 15 is 0 Å². The van der Waals surface area contributed by atoms with Gasteiger partial charge in [-0.25, -0.2) is 4.39 Å². The first-order valence-corrected chi connectivity index (χ1v) is 5.38. The van der Waals surface area contributed by atoms with Gasteiger partial charge in [-0.3, -0.25) is 4.79 Å². The van der Waals surface area contributed by atoms with E-state index in [0.717, 1.165) is 6.42 Å². The smallest absolute Gasteiger partial charge is 0.252 e. The van der Waals surface area contributed by atoms with Gasteiger partial charge in [-0.2, -0.15) is 0 Å². The number of hydrogen-bond acceptors (Lipinski definition) is 1. The lowest BCUT2D eigenvalue weighted by Gasteiger charge is -2.05. The average Bonchev–Trinajstić information content (AvgIpc) is 2.28. The SMILES string of the molecule is C/C=C/CCNC(=O)c1cccc(F)c1Cl. The number of rotatable bonds is 4. The first kappa shape index (κ1) is 12.7. The molecule has 0 atom stereocenters. The van der Waals surface area contributed by atoms with Gasteiger partial charge in [0.15, 0.2) is 0 Å². The second-order valence-corrected chi connectivity index (χ2v) is 3.59. The highest BCUT2D eigenvalue weighted by atomic mass is 35.5. The molecular formula is C12H13ClFNO. The third-order valence-electron chi connectivity index (χ3n) is 2.03. The van der Waals surface area contributed by atoms with Crippen molar-refractivity contribution in [3.05, 3.63) is 46.8 Å². The molecule has 1 N–H and O–H groups in total. The number of hydrogen-bond donors (Lipinski definition) is 1. The van der Waals surface area contributed by atoms with Gasteiger partial charge in [0.2, 0.25) is 0 Å². The monoisotopic (exact) mass is 241 g/mol. The molecule has 2 nitrogen and oxygen atoms in total. The van der Waals surface area contributed by atoms with E-state index in [1.807, 2.05) is 19.1 Å². The Labute approximate surface area is 99.1 Å². The summed E-state index contributed by atoms with van der Waals surface area (Å²) in [6.45, 7) is 2.42. The van der Waals surface area contributed by atoms with Crippen molar-refractivity contribution in [1.29, 1.82) is 0 Å². The normalized spacial score (nSPS) is 10.7. The Hall–Kier alpha value is -1.35. The minimum Gasteiger partial charge on any atom is -0.352 e. The lowest BCUT2D eigenvalue weighted by molar-refractivity contribution is 0.0954. The molecule has 1 rings (SSSR count). The molecule has 0 aromatic heterocycles. The molecule has 0 heterocycles. The van der Waals surface area contributed by atoms with Crippen LogP contribution in [0.1, 0.15) is 23.7 Å². The summed E-state index contributed by atoms with van der Waals surface area (Å²) in [5.74, 6) is -0.934. The highest BCUT2D eigenvalue weighted by molar-refractivity contribution is 6.34. The van der Waals surface area contributed by atoms with Crippen molar-refractivity contribution in [2.24, 2.45) is 0 Å². The van der Waals surface area contributed by atoms with E-state index in [1.54, 1.807) is 0 Å². The van der Waals surface area contributed by atoms with Crippen molar-refractivity contribution < 1.29 is 9.18 Å². The van der Waals surface area contributed by atoms with Crippen molar-refractivity contribution in [3.8, 4) is 0 Å². The van der Waals surface area contributed by atoms with E-state index in [9.17, 15) is 9.18 Å². The Bertz CT molecular complexity index is 404. The zero-order valence-corrected chi connectivity index (χ0v) is 9.72. The molecule has 0 spiro atoms. The Kier molecular flexibility index (Phi) is 4.99. The summed E-state index contributed by atoms with van der Waals surface area (Å²) in [6, 6.07) is 4.18. The number of amides is 1. The predicted molar refractivity (Wildman–Crippen MR) is 63.2 cm³/mol. The molecule has 0 saturated carbocycles. The second-order valence-electron chi connectivity index (χ2n) is 3.21. The maximum absolute atomic E-state index is 13.1. The summed E-state index contributed by atoms with van der Waals surface area (Å²) in [7, 11) is 0.